The van der Waals surface area contributed by atoms with Gasteiger partial charge in [0, 0.05) is 12.6 Å². The van der Waals surface area contributed by atoms with Gasteiger partial charge in [0.05, 0.1) is 7.11 Å². The lowest BCUT2D eigenvalue weighted by Crippen LogP contribution is -2.49. The molecule has 1 unspecified atom stereocenters. The Morgan fingerprint density at radius 3 is 2.69 bits per heavy atom. The lowest BCUT2D eigenvalue weighted by molar-refractivity contribution is -0.160. The van der Waals surface area contributed by atoms with Crippen molar-refractivity contribution in [2.45, 2.75) is 37.8 Å². The molecule has 0 radical (unpaired) electrons. The van der Waals surface area contributed by atoms with Gasteiger partial charge in [0.25, 0.3) is 0 Å². The number of methoxy groups -OCH3 is 1. The zero-order valence-electron chi connectivity index (χ0n) is 8.17. The van der Waals surface area contributed by atoms with Gasteiger partial charge in [-0.2, -0.15) is 0 Å². The Bertz CT molecular complexity index is 187. The van der Waals surface area contributed by atoms with E-state index in [0.29, 0.717) is 6.04 Å². The Morgan fingerprint density at radius 1 is 1.69 bits per heavy atom. The van der Waals surface area contributed by atoms with Crippen molar-refractivity contribution in [1.82, 2.24) is 5.32 Å². The predicted molar refractivity (Wildman–Crippen MR) is 48.3 cm³/mol. The van der Waals surface area contributed by atoms with Crippen LogP contribution in [0.15, 0.2) is 0 Å². The van der Waals surface area contributed by atoms with Crippen molar-refractivity contribution < 1.29 is 14.6 Å². The van der Waals surface area contributed by atoms with Gasteiger partial charge >= 0.3 is 5.97 Å². The summed E-state index contributed by atoms with van der Waals surface area (Å²) in [6.07, 6.45) is 3.51. The van der Waals surface area contributed by atoms with Crippen molar-refractivity contribution in [3.8, 4) is 0 Å². The van der Waals surface area contributed by atoms with Crippen LogP contribution in [0.1, 0.15) is 26.2 Å². The second-order valence-electron chi connectivity index (χ2n) is 3.77. The molecular weight excluding hydrogens is 170 g/mol. The van der Waals surface area contributed by atoms with Crippen LogP contribution >= 0.6 is 0 Å². The lowest BCUT2D eigenvalue weighted by Gasteiger charge is -2.30. The predicted octanol–water partition coefficient (Wildman–Crippen LogP) is 0.0525. The summed E-state index contributed by atoms with van der Waals surface area (Å²) in [5, 5.41) is 12.7. The van der Waals surface area contributed by atoms with E-state index in [4.69, 9.17) is 0 Å². The van der Waals surface area contributed by atoms with Gasteiger partial charge in [0.1, 0.15) is 0 Å². The van der Waals surface area contributed by atoms with Gasteiger partial charge in [0.15, 0.2) is 5.60 Å². The number of esters is 1. The first-order valence-electron chi connectivity index (χ1n) is 4.60. The molecule has 0 bridgehead atoms. The average Bonchev–Trinajstić information content (AvgIpc) is 1.99. The smallest absolute Gasteiger partial charge is 0.338 e. The highest BCUT2D eigenvalue weighted by Crippen LogP contribution is 2.18. The topological polar surface area (TPSA) is 58.6 Å². The number of carbonyl (C=O) groups excluding carboxylic acids is 1. The third kappa shape index (κ3) is 2.67. The average molecular weight is 187 g/mol. The van der Waals surface area contributed by atoms with Gasteiger partial charge in [-0.3, -0.25) is 0 Å². The highest BCUT2D eigenvalue weighted by atomic mass is 16.5. The normalized spacial score (nSPS) is 21.8. The molecule has 1 rings (SSSR count). The summed E-state index contributed by atoms with van der Waals surface area (Å²) in [6, 6.07) is 0.469. The first-order valence-corrected chi connectivity index (χ1v) is 4.60. The molecule has 1 fully saturated rings. The molecule has 4 nitrogen and oxygen atoms in total. The van der Waals surface area contributed by atoms with Crippen molar-refractivity contribution in [3.05, 3.63) is 0 Å². The van der Waals surface area contributed by atoms with Crippen molar-refractivity contribution in [1.29, 1.82) is 0 Å². The highest BCUT2D eigenvalue weighted by molar-refractivity contribution is 5.78. The second-order valence-corrected chi connectivity index (χ2v) is 3.77. The van der Waals surface area contributed by atoms with E-state index in [9.17, 15) is 9.90 Å². The number of nitrogens with one attached hydrogen (secondary N) is 1. The zero-order chi connectivity index (χ0) is 9.90. The molecule has 1 aliphatic carbocycles. The third-order valence-electron chi connectivity index (χ3n) is 2.47. The Kier molecular flexibility index (Phi) is 3.27. The van der Waals surface area contributed by atoms with Gasteiger partial charge in [-0.1, -0.05) is 6.42 Å². The molecule has 0 heterocycles. The van der Waals surface area contributed by atoms with E-state index in [1.54, 1.807) is 0 Å². The van der Waals surface area contributed by atoms with Gasteiger partial charge in [-0.15, -0.1) is 0 Å². The van der Waals surface area contributed by atoms with Crippen molar-refractivity contribution in [2.75, 3.05) is 13.7 Å². The van der Waals surface area contributed by atoms with E-state index in [1.807, 2.05) is 0 Å². The van der Waals surface area contributed by atoms with Gasteiger partial charge in [-0.25, -0.2) is 4.79 Å². The Morgan fingerprint density at radius 2 is 2.31 bits per heavy atom. The molecule has 0 amide bonds. The standard InChI is InChI=1S/C9H17NO3/c1-9(12,8(11)13-2)6-10-7-4-3-5-7/h7,10,12H,3-6H2,1-2H3. The number of aliphatic hydroxyl groups is 1. The highest BCUT2D eigenvalue weighted by Gasteiger charge is 2.32. The maximum atomic E-state index is 11.0. The minimum atomic E-state index is -1.40. The molecule has 13 heavy (non-hydrogen) atoms. The van der Waals surface area contributed by atoms with Crippen LogP contribution in [0.5, 0.6) is 0 Å². The van der Waals surface area contributed by atoms with E-state index < -0.39 is 11.6 Å². The molecule has 1 aliphatic rings. The monoisotopic (exact) mass is 187 g/mol. The maximum absolute atomic E-state index is 11.0. The SMILES string of the molecule is COC(=O)C(C)(O)CNC1CCC1. The Balaban J connectivity index is 2.27. The van der Waals surface area contributed by atoms with Crippen LogP contribution in [-0.2, 0) is 9.53 Å². The first-order chi connectivity index (χ1) is 6.06. The van der Waals surface area contributed by atoms with Gasteiger partial charge in [0.2, 0.25) is 0 Å². The molecule has 0 aliphatic heterocycles. The third-order valence-corrected chi connectivity index (χ3v) is 2.47. The van der Waals surface area contributed by atoms with Gasteiger partial charge in [-0.05, 0) is 19.8 Å². The summed E-state index contributed by atoms with van der Waals surface area (Å²) in [4.78, 5) is 11.0. The van der Waals surface area contributed by atoms with E-state index in [0.717, 1.165) is 12.8 Å². The summed E-state index contributed by atoms with van der Waals surface area (Å²) >= 11 is 0. The fourth-order valence-corrected chi connectivity index (χ4v) is 1.25. The maximum Gasteiger partial charge on any atom is 0.338 e. The Labute approximate surface area is 78.3 Å². The molecule has 0 aromatic heterocycles. The van der Waals surface area contributed by atoms with Crippen LogP contribution in [0.3, 0.4) is 0 Å². The van der Waals surface area contributed by atoms with E-state index in [1.165, 1.54) is 20.5 Å². The minimum Gasteiger partial charge on any atom is -0.467 e. The van der Waals surface area contributed by atoms with E-state index in [-0.39, 0.29) is 6.54 Å². The molecule has 0 spiro atoms. The largest absolute Gasteiger partial charge is 0.467 e. The second kappa shape index (κ2) is 4.07. The van der Waals surface area contributed by atoms with Crippen LogP contribution in [-0.4, -0.2) is 36.4 Å². The van der Waals surface area contributed by atoms with Crippen LogP contribution in [0.25, 0.3) is 0 Å². The molecule has 0 saturated heterocycles. The van der Waals surface area contributed by atoms with Crippen molar-refractivity contribution in [2.24, 2.45) is 0 Å². The fraction of sp³-hybridized carbons (Fsp3) is 0.889. The Hall–Kier alpha value is -0.610. The first kappa shape index (κ1) is 10.5. The molecule has 1 saturated carbocycles. The van der Waals surface area contributed by atoms with E-state index in [2.05, 4.69) is 10.1 Å². The molecule has 76 valence electrons. The van der Waals surface area contributed by atoms with Crippen LogP contribution < -0.4 is 5.32 Å². The summed E-state index contributed by atoms with van der Waals surface area (Å²) in [7, 11) is 1.28. The van der Waals surface area contributed by atoms with Crippen molar-refractivity contribution in [3.63, 3.8) is 0 Å². The quantitative estimate of drug-likeness (QED) is 0.611. The summed E-state index contributed by atoms with van der Waals surface area (Å²) in [6.45, 7) is 1.73. The molecule has 0 aromatic rings. The zero-order valence-corrected chi connectivity index (χ0v) is 8.17. The van der Waals surface area contributed by atoms with E-state index >= 15 is 0 Å². The molecule has 4 heteroatoms. The molecule has 0 aromatic carbocycles. The lowest BCUT2D eigenvalue weighted by atomic mass is 9.92. The van der Waals surface area contributed by atoms with Crippen LogP contribution in [0.4, 0.5) is 0 Å². The summed E-state index contributed by atoms with van der Waals surface area (Å²) < 4.78 is 4.47. The number of carbonyl (C=O) groups is 1. The summed E-state index contributed by atoms with van der Waals surface area (Å²) in [5.74, 6) is -0.584. The molecule has 2 N–H and O–H groups in total. The number of hydrogen-bond acceptors (Lipinski definition) is 4. The van der Waals surface area contributed by atoms with Crippen LogP contribution in [0.2, 0.25) is 0 Å². The van der Waals surface area contributed by atoms with Crippen LogP contribution in [0, 0.1) is 0 Å². The fourth-order valence-electron chi connectivity index (χ4n) is 1.25. The number of rotatable bonds is 4. The number of ether oxygens (including phenoxy) is 1. The molecule has 1 atom stereocenters. The van der Waals surface area contributed by atoms with Crippen molar-refractivity contribution >= 4 is 5.97 Å². The summed E-state index contributed by atoms with van der Waals surface area (Å²) in [5.41, 5.74) is -1.40. The number of hydrogen-bond donors (Lipinski definition) is 2. The molecular formula is C9H17NO3. The minimum absolute atomic E-state index is 0.268. The van der Waals surface area contributed by atoms with Gasteiger partial charge < -0.3 is 15.2 Å².